The molecule has 1 heterocycles. The zero-order chi connectivity index (χ0) is 17.9. The molecule has 0 saturated heterocycles. The van der Waals surface area contributed by atoms with Crippen molar-refractivity contribution < 1.29 is 22.0 Å². The fourth-order valence-corrected chi connectivity index (χ4v) is 2.29. The summed E-state index contributed by atoms with van der Waals surface area (Å²) >= 11 is 0. The summed E-state index contributed by atoms with van der Waals surface area (Å²) < 4.78 is 67.1. The van der Waals surface area contributed by atoms with Crippen LogP contribution in [0.15, 0.2) is 0 Å². The van der Waals surface area contributed by atoms with Gasteiger partial charge in [-0.1, -0.05) is 52.2 Å². The molecule has 1 aromatic rings. The van der Waals surface area contributed by atoms with Gasteiger partial charge in [-0.05, 0) is 18.3 Å². The molecule has 0 radical (unpaired) electrons. The molecule has 0 saturated carbocycles. The van der Waals surface area contributed by atoms with Crippen LogP contribution < -0.4 is 0 Å². The highest BCUT2D eigenvalue weighted by atomic mass is 19.4. The zero-order valence-corrected chi connectivity index (χ0v) is 14.0. The topological polar surface area (TPSA) is 30.7 Å². The first-order valence-electron chi connectivity index (χ1n) is 7.77. The second-order valence-corrected chi connectivity index (χ2v) is 6.98. The average Bonchev–Trinajstić information content (AvgIpc) is 2.74. The summed E-state index contributed by atoms with van der Waals surface area (Å²) in [5.74, 6) is -4.96. The first kappa shape index (κ1) is 19.8. The maximum Gasteiger partial charge on any atom is 0.459 e. The van der Waals surface area contributed by atoms with Gasteiger partial charge in [-0.3, -0.25) is 0 Å². The van der Waals surface area contributed by atoms with E-state index < -0.39 is 23.2 Å². The van der Waals surface area contributed by atoms with Crippen LogP contribution in [0.4, 0.5) is 22.0 Å². The number of halogens is 5. The quantitative estimate of drug-likeness (QED) is 0.510. The number of alkyl halides is 5. The lowest BCUT2D eigenvalue weighted by molar-refractivity contribution is -0.292. The fraction of sp³-hybridized carbons (Fsp3) is 0.867. The number of nitrogens with zero attached hydrogens (tertiary/aromatic N) is 3. The van der Waals surface area contributed by atoms with Crippen LogP contribution in [0.5, 0.6) is 0 Å². The number of unbranched alkanes of at least 4 members (excludes halogenated alkanes) is 3. The van der Waals surface area contributed by atoms with Crippen molar-refractivity contribution in [2.24, 2.45) is 5.41 Å². The van der Waals surface area contributed by atoms with Crippen LogP contribution >= 0.6 is 0 Å². The molecule has 0 bridgehead atoms. The van der Waals surface area contributed by atoms with Gasteiger partial charge in [-0.2, -0.15) is 22.0 Å². The van der Waals surface area contributed by atoms with Crippen molar-refractivity contribution in [3.63, 3.8) is 0 Å². The third-order valence-corrected chi connectivity index (χ3v) is 3.38. The lowest BCUT2D eigenvalue weighted by Gasteiger charge is -2.23. The highest BCUT2D eigenvalue weighted by Crippen LogP contribution is 2.45. The molecule has 0 fully saturated rings. The van der Waals surface area contributed by atoms with E-state index in [2.05, 4.69) is 10.3 Å². The molecular formula is C15H24F5N3. The van der Waals surface area contributed by atoms with E-state index in [1.165, 1.54) is 0 Å². The van der Waals surface area contributed by atoms with E-state index in [1.54, 1.807) is 20.8 Å². The molecule has 0 N–H and O–H groups in total. The van der Waals surface area contributed by atoms with Gasteiger partial charge in [0, 0.05) is 6.54 Å². The van der Waals surface area contributed by atoms with Gasteiger partial charge in [-0.25, -0.2) is 4.68 Å². The Morgan fingerprint density at radius 1 is 0.957 bits per heavy atom. The third kappa shape index (κ3) is 5.14. The van der Waals surface area contributed by atoms with E-state index in [1.807, 2.05) is 6.92 Å². The number of hydrogen-bond acceptors (Lipinski definition) is 2. The summed E-state index contributed by atoms with van der Waals surface area (Å²) in [6, 6.07) is 0. The minimum absolute atomic E-state index is 0.00294. The van der Waals surface area contributed by atoms with Crippen molar-refractivity contribution in [2.45, 2.75) is 78.4 Å². The summed E-state index contributed by atoms with van der Waals surface area (Å²) in [5.41, 5.74) is -1.87. The van der Waals surface area contributed by atoms with Crippen LogP contribution in [0.1, 0.15) is 64.8 Å². The van der Waals surface area contributed by atoms with Crippen LogP contribution in [-0.4, -0.2) is 21.2 Å². The van der Waals surface area contributed by atoms with E-state index in [0.29, 0.717) is 6.42 Å². The Hall–Kier alpha value is -1.21. The van der Waals surface area contributed by atoms with Crippen molar-refractivity contribution in [3.8, 4) is 0 Å². The van der Waals surface area contributed by atoms with Crippen LogP contribution in [0.25, 0.3) is 0 Å². The van der Waals surface area contributed by atoms with Crippen molar-refractivity contribution in [3.05, 3.63) is 11.4 Å². The Kier molecular flexibility index (Phi) is 6.15. The predicted octanol–water partition coefficient (Wildman–Crippen LogP) is 5.10. The van der Waals surface area contributed by atoms with Crippen molar-refractivity contribution in [2.75, 3.05) is 0 Å². The maximum absolute atomic E-state index is 13.9. The summed E-state index contributed by atoms with van der Waals surface area (Å²) in [4.78, 5) is 0. The normalized spacial score (nSPS) is 13.6. The molecule has 23 heavy (non-hydrogen) atoms. The Morgan fingerprint density at radius 3 is 2.04 bits per heavy atom. The van der Waals surface area contributed by atoms with E-state index in [-0.39, 0.29) is 18.7 Å². The minimum atomic E-state index is -5.66. The van der Waals surface area contributed by atoms with Gasteiger partial charge < -0.3 is 0 Å². The van der Waals surface area contributed by atoms with Gasteiger partial charge in [0.15, 0.2) is 0 Å². The zero-order valence-electron chi connectivity index (χ0n) is 14.0. The lowest BCUT2D eigenvalue weighted by atomic mass is 9.89. The van der Waals surface area contributed by atoms with Gasteiger partial charge in [0.2, 0.25) is 0 Å². The SMILES string of the molecule is CCCCCCn1nnc(CC(C)(C)C)c1C(F)(F)C(F)(F)F. The maximum atomic E-state index is 13.9. The van der Waals surface area contributed by atoms with Crippen molar-refractivity contribution in [1.29, 1.82) is 0 Å². The third-order valence-electron chi connectivity index (χ3n) is 3.38. The molecule has 134 valence electrons. The van der Waals surface area contributed by atoms with Crippen LogP contribution in [0, 0.1) is 5.41 Å². The standard InChI is InChI=1S/C15H24F5N3/c1-5-6-7-8-9-23-12(14(16,17)15(18,19)20)11(21-22-23)10-13(2,3)4/h5-10H2,1-4H3. The highest BCUT2D eigenvalue weighted by molar-refractivity contribution is 5.19. The van der Waals surface area contributed by atoms with E-state index in [9.17, 15) is 22.0 Å². The van der Waals surface area contributed by atoms with Crippen LogP contribution in [-0.2, 0) is 18.9 Å². The number of aromatic nitrogens is 3. The summed E-state index contributed by atoms with van der Waals surface area (Å²) in [6.45, 7) is 7.26. The molecule has 8 heteroatoms. The summed E-state index contributed by atoms with van der Waals surface area (Å²) in [5, 5.41) is 7.18. The molecule has 3 nitrogen and oxygen atoms in total. The first-order chi connectivity index (χ1) is 10.4. The molecule has 0 aliphatic rings. The monoisotopic (exact) mass is 341 g/mol. The molecule has 0 atom stereocenters. The molecule has 0 aromatic carbocycles. The molecular weight excluding hydrogens is 317 g/mol. The smallest absolute Gasteiger partial charge is 0.243 e. The molecule has 0 aliphatic carbocycles. The fourth-order valence-electron chi connectivity index (χ4n) is 2.29. The van der Waals surface area contributed by atoms with E-state index in [4.69, 9.17) is 0 Å². The van der Waals surface area contributed by atoms with E-state index in [0.717, 1.165) is 23.9 Å². The lowest BCUT2D eigenvalue weighted by Crippen LogP contribution is -2.37. The second kappa shape index (κ2) is 7.13. The Labute approximate surface area is 133 Å². The number of aryl methyl sites for hydroxylation is 1. The molecule has 0 spiro atoms. The molecule has 0 aliphatic heterocycles. The molecule has 0 unspecified atom stereocenters. The van der Waals surface area contributed by atoms with Gasteiger partial charge >= 0.3 is 12.1 Å². The average molecular weight is 341 g/mol. The van der Waals surface area contributed by atoms with Crippen molar-refractivity contribution in [1.82, 2.24) is 15.0 Å². The van der Waals surface area contributed by atoms with Crippen molar-refractivity contribution >= 4 is 0 Å². The highest BCUT2D eigenvalue weighted by Gasteiger charge is 2.62. The first-order valence-corrected chi connectivity index (χ1v) is 7.77. The van der Waals surface area contributed by atoms with Gasteiger partial charge in [0.1, 0.15) is 5.69 Å². The summed E-state index contributed by atoms with van der Waals surface area (Å²) in [7, 11) is 0. The molecule has 0 amide bonds. The van der Waals surface area contributed by atoms with Crippen LogP contribution in [0.2, 0.25) is 0 Å². The Balaban J connectivity index is 3.16. The van der Waals surface area contributed by atoms with Crippen LogP contribution in [0.3, 0.4) is 0 Å². The van der Waals surface area contributed by atoms with Gasteiger partial charge in [0.25, 0.3) is 0 Å². The molecule has 1 rings (SSSR count). The van der Waals surface area contributed by atoms with Gasteiger partial charge in [0.05, 0.1) is 5.69 Å². The second-order valence-electron chi connectivity index (χ2n) is 6.98. The van der Waals surface area contributed by atoms with Gasteiger partial charge in [-0.15, -0.1) is 5.10 Å². The Bertz CT molecular complexity index is 500. The number of hydrogen-bond donors (Lipinski definition) is 0. The Morgan fingerprint density at radius 2 is 1.57 bits per heavy atom. The van der Waals surface area contributed by atoms with E-state index >= 15 is 0 Å². The molecule has 1 aromatic heterocycles. The minimum Gasteiger partial charge on any atom is -0.243 e. The number of rotatable bonds is 7. The summed E-state index contributed by atoms with van der Waals surface area (Å²) in [6.07, 6.45) is -2.58. The predicted molar refractivity (Wildman–Crippen MR) is 77.3 cm³/mol. The largest absolute Gasteiger partial charge is 0.459 e.